The van der Waals surface area contributed by atoms with E-state index in [1.54, 1.807) is 6.07 Å². The molecule has 2 N–H and O–H groups in total. The van der Waals surface area contributed by atoms with Crippen LogP contribution < -0.4 is 10.1 Å². The fraction of sp³-hybridized carbons (Fsp3) is 0.385. The molecule has 0 fully saturated rings. The molecule has 0 bridgehead atoms. The first-order valence-corrected chi connectivity index (χ1v) is 5.96. The van der Waals surface area contributed by atoms with Crippen LogP contribution in [0.1, 0.15) is 6.42 Å². The van der Waals surface area contributed by atoms with Crippen molar-refractivity contribution in [1.29, 1.82) is 0 Å². The van der Waals surface area contributed by atoms with Gasteiger partial charge in [-0.25, -0.2) is 4.79 Å². The van der Waals surface area contributed by atoms with E-state index in [2.05, 4.69) is 10.1 Å². The summed E-state index contributed by atoms with van der Waals surface area (Å²) in [4.78, 5) is 22.9. The Balaban J connectivity index is 2.96. The van der Waals surface area contributed by atoms with Crippen molar-refractivity contribution in [3.05, 3.63) is 24.3 Å². The molecule has 9 heteroatoms. The number of aliphatic hydroxyl groups is 1. The molecule has 1 aromatic rings. The highest BCUT2D eigenvalue weighted by atomic mass is 19.4. The SMILES string of the molecule is COC(=O)C(O)(CC(=O)Nc1ccccc1OC)C(F)(F)F. The molecule has 0 radical (unpaired) electrons. The third-order valence-corrected chi connectivity index (χ3v) is 2.79. The van der Waals surface area contributed by atoms with Gasteiger partial charge in [0.05, 0.1) is 26.3 Å². The minimum absolute atomic E-state index is 0.101. The van der Waals surface area contributed by atoms with E-state index in [0.29, 0.717) is 7.11 Å². The van der Waals surface area contributed by atoms with Crippen LogP contribution in [-0.2, 0) is 14.3 Å². The molecule has 1 amide bonds. The third-order valence-electron chi connectivity index (χ3n) is 2.79. The van der Waals surface area contributed by atoms with Crippen LogP contribution in [-0.4, -0.2) is 43.0 Å². The molecule has 0 saturated carbocycles. The van der Waals surface area contributed by atoms with Crippen LogP contribution in [0.5, 0.6) is 5.75 Å². The molecule has 1 rings (SSSR count). The molecule has 0 aromatic heterocycles. The number of halogens is 3. The van der Waals surface area contributed by atoms with Crippen molar-refractivity contribution >= 4 is 17.6 Å². The second-order valence-electron chi connectivity index (χ2n) is 4.27. The Morgan fingerprint density at radius 3 is 2.32 bits per heavy atom. The number of anilines is 1. The lowest BCUT2D eigenvalue weighted by Gasteiger charge is -2.27. The number of benzene rings is 1. The number of para-hydroxylation sites is 2. The van der Waals surface area contributed by atoms with Crippen molar-refractivity contribution in [3.8, 4) is 5.75 Å². The average molecular weight is 321 g/mol. The Hall–Kier alpha value is -2.29. The number of rotatable bonds is 5. The van der Waals surface area contributed by atoms with Gasteiger partial charge in [0.1, 0.15) is 5.75 Å². The van der Waals surface area contributed by atoms with E-state index in [-0.39, 0.29) is 11.4 Å². The van der Waals surface area contributed by atoms with Crippen molar-refractivity contribution in [3.63, 3.8) is 0 Å². The van der Waals surface area contributed by atoms with Gasteiger partial charge in [0, 0.05) is 0 Å². The lowest BCUT2D eigenvalue weighted by atomic mass is 9.98. The standard InChI is InChI=1S/C13H14F3NO5/c1-21-9-6-4-3-5-8(9)17-10(18)7-12(20,11(19)22-2)13(14,15)16/h3-6,20H,7H2,1-2H3,(H,17,18). The maximum atomic E-state index is 12.8. The summed E-state index contributed by atoms with van der Waals surface area (Å²) < 4.78 is 47.3. The largest absolute Gasteiger partial charge is 0.495 e. The predicted octanol–water partition coefficient (Wildman–Crippen LogP) is 1.49. The fourth-order valence-corrected chi connectivity index (χ4v) is 1.63. The number of nitrogens with one attached hydrogen (secondary N) is 1. The van der Waals surface area contributed by atoms with Crippen LogP contribution in [0.3, 0.4) is 0 Å². The normalized spacial score (nSPS) is 13.9. The first-order chi connectivity index (χ1) is 10.2. The number of hydrogen-bond donors (Lipinski definition) is 2. The van der Waals surface area contributed by atoms with Crippen LogP contribution in [0.2, 0.25) is 0 Å². The van der Waals surface area contributed by atoms with Gasteiger partial charge < -0.3 is 19.9 Å². The summed E-state index contributed by atoms with van der Waals surface area (Å²) in [5, 5.41) is 11.6. The molecular weight excluding hydrogens is 307 g/mol. The molecule has 22 heavy (non-hydrogen) atoms. The van der Waals surface area contributed by atoms with Crippen LogP contribution in [0, 0.1) is 0 Å². The summed E-state index contributed by atoms with van der Waals surface area (Å²) >= 11 is 0. The highest BCUT2D eigenvalue weighted by Gasteiger charge is 2.61. The van der Waals surface area contributed by atoms with E-state index >= 15 is 0 Å². The summed E-state index contributed by atoms with van der Waals surface area (Å²) in [5.41, 5.74) is -3.82. The quantitative estimate of drug-likeness (QED) is 0.803. The number of esters is 1. The first kappa shape index (κ1) is 17.8. The molecule has 1 unspecified atom stereocenters. The molecule has 0 aliphatic heterocycles. The number of carbonyl (C=O) groups excluding carboxylic acids is 2. The van der Waals surface area contributed by atoms with Crippen LogP contribution >= 0.6 is 0 Å². The molecule has 0 saturated heterocycles. The number of ether oxygens (including phenoxy) is 2. The number of carbonyl (C=O) groups is 2. The lowest BCUT2D eigenvalue weighted by Crippen LogP contribution is -2.54. The minimum atomic E-state index is -5.36. The summed E-state index contributed by atoms with van der Waals surface area (Å²) in [6.45, 7) is 0. The maximum Gasteiger partial charge on any atom is 0.428 e. The zero-order valence-corrected chi connectivity index (χ0v) is 11.7. The van der Waals surface area contributed by atoms with Crippen LogP contribution in [0.4, 0.5) is 18.9 Å². The summed E-state index contributed by atoms with van der Waals surface area (Å²) in [7, 11) is 1.99. The van der Waals surface area contributed by atoms with E-state index in [1.165, 1.54) is 25.3 Å². The topological polar surface area (TPSA) is 84.9 Å². The Labute approximate surface area is 123 Å². The second kappa shape index (κ2) is 6.65. The van der Waals surface area contributed by atoms with Gasteiger partial charge in [-0.15, -0.1) is 0 Å². The number of methoxy groups -OCH3 is 2. The summed E-state index contributed by atoms with van der Waals surface area (Å²) in [6.07, 6.45) is -6.90. The molecule has 122 valence electrons. The minimum Gasteiger partial charge on any atom is -0.495 e. The zero-order valence-electron chi connectivity index (χ0n) is 11.7. The zero-order chi connectivity index (χ0) is 17.0. The molecular formula is C13H14F3NO5. The number of alkyl halides is 3. The molecule has 0 heterocycles. The Kier molecular flexibility index (Phi) is 5.37. The summed E-state index contributed by atoms with van der Waals surface area (Å²) in [6, 6.07) is 5.98. The summed E-state index contributed by atoms with van der Waals surface area (Å²) in [5.74, 6) is -2.98. The van der Waals surface area contributed by atoms with Gasteiger partial charge in [-0.2, -0.15) is 13.2 Å². The third kappa shape index (κ3) is 3.67. The number of amides is 1. The van der Waals surface area contributed by atoms with E-state index in [9.17, 15) is 27.9 Å². The maximum absolute atomic E-state index is 12.8. The molecule has 1 atom stereocenters. The fourth-order valence-electron chi connectivity index (χ4n) is 1.63. The molecule has 1 aromatic carbocycles. The molecule has 0 aliphatic rings. The van der Waals surface area contributed by atoms with E-state index < -0.39 is 30.1 Å². The van der Waals surface area contributed by atoms with Crippen molar-refractivity contribution in [2.24, 2.45) is 0 Å². The van der Waals surface area contributed by atoms with E-state index in [1.807, 2.05) is 0 Å². The van der Waals surface area contributed by atoms with Crippen molar-refractivity contribution < 1.29 is 37.3 Å². The Morgan fingerprint density at radius 1 is 1.23 bits per heavy atom. The van der Waals surface area contributed by atoms with Gasteiger partial charge in [0.15, 0.2) is 0 Å². The van der Waals surface area contributed by atoms with Crippen molar-refractivity contribution in [1.82, 2.24) is 0 Å². The second-order valence-corrected chi connectivity index (χ2v) is 4.27. The Morgan fingerprint density at radius 2 is 1.82 bits per heavy atom. The van der Waals surface area contributed by atoms with Gasteiger partial charge in [0.2, 0.25) is 5.91 Å². The molecule has 6 nitrogen and oxygen atoms in total. The van der Waals surface area contributed by atoms with Crippen molar-refractivity contribution in [2.45, 2.75) is 18.2 Å². The molecule has 0 spiro atoms. The molecule has 0 aliphatic carbocycles. The van der Waals surface area contributed by atoms with Gasteiger partial charge >= 0.3 is 12.1 Å². The monoisotopic (exact) mass is 321 g/mol. The average Bonchev–Trinajstić information content (AvgIpc) is 2.45. The lowest BCUT2D eigenvalue weighted by molar-refractivity contribution is -0.261. The Bertz CT molecular complexity index is 561. The highest BCUT2D eigenvalue weighted by molar-refractivity contribution is 5.96. The van der Waals surface area contributed by atoms with Gasteiger partial charge in [-0.05, 0) is 12.1 Å². The van der Waals surface area contributed by atoms with E-state index in [0.717, 1.165) is 0 Å². The van der Waals surface area contributed by atoms with Crippen LogP contribution in [0.25, 0.3) is 0 Å². The predicted molar refractivity (Wildman–Crippen MR) is 69.3 cm³/mol. The smallest absolute Gasteiger partial charge is 0.428 e. The van der Waals surface area contributed by atoms with Gasteiger partial charge in [-0.3, -0.25) is 4.79 Å². The highest BCUT2D eigenvalue weighted by Crippen LogP contribution is 2.35. The van der Waals surface area contributed by atoms with E-state index in [4.69, 9.17) is 4.74 Å². The number of hydrogen-bond acceptors (Lipinski definition) is 5. The van der Waals surface area contributed by atoms with Crippen LogP contribution in [0.15, 0.2) is 24.3 Å². The van der Waals surface area contributed by atoms with Gasteiger partial charge in [-0.1, -0.05) is 12.1 Å². The van der Waals surface area contributed by atoms with Crippen molar-refractivity contribution in [2.75, 3.05) is 19.5 Å². The first-order valence-electron chi connectivity index (χ1n) is 5.96. The van der Waals surface area contributed by atoms with Gasteiger partial charge in [0.25, 0.3) is 5.60 Å².